The third-order valence-corrected chi connectivity index (χ3v) is 4.33. The molecule has 1 aromatic rings. The molecule has 2 amide bonds. The van der Waals surface area contributed by atoms with E-state index in [-0.39, 0.29) is 11.8 Å². The van der Waals surface area contributed by atoms with Gasteiger partial charge in [-0.2, -0.15) is 5.10 Å². The van der Waals surface area contributed by atoms with Crippen molar-refractivity contribution in [2.24, 2.45) is 0 Å². The van der Waals surface area contributed by atoms with Crippen molar-refractivity contribution in [2.75, 3.05) is 19.6 Å². The molecule has 1 fully saturated rings. The Morgan fingerprint density at radius 1 is 1.24 bits per heavy atom. The summed E-state index contributed by atoms with van der Waals surface area (Å²) < 4.78 is 0. The van der Waals surface area contributed by atoms with Crippen molar-refractivity contribution in [3.8, 4) is 0 Å². The zero-order valence-corrected chi connectivity index (χ0v) is 12.3. The summed E-state index contributed by atoms with van der Waals surface area (Å²) in [5.74, 6) is 0.143. The van der Waals surface area contributed by atoms with Crippen LogP contribution in [-0.2, 0) is 17.6 Å². The summed E-state index contributed by atoms with van der Waals surface area (Å²) in [7, 11) is 0. The van der Waals surface area contributed by atoms with Crippen LogP contribution in [-0.4, -0.2) is 46.5 Å². The van der Waals surface area contributed by atoms with E-state index in [1.807, 2.05) is 4.90 Å². The Morgan fingerprint density at radius 2 is 2.10 bits per heavy atom. The van der Waals surface area contributed by atoms with Gasteiger partial charge in [-0.3, -0.25) is 14.7 Å². The maximum Gasteiger partial charge on any atom is 0.272 e. The number of hydrogen-bond donors (Lipinski definition) is 2. The molecule has 0 bridgehead atoms. The highest BCUT2D eigenvalue weighted by molar-refractivity contribution is 5.94. The van der Waals surface area contributed by atoms with Gasteiger partial charge in [0.05, 0.1) is 0 Å². The molecule has 1 aliphatic heterocycles. The number of H-pyrrole nitrogens is 1. The van der Waals surface area contributed by atoms with E-state index >= 15 is 0 Å². The molecule has 0 spiro atoms. The Labute approximate surface area is 124 Å². The molecule has 6 heteroatoms. The first-order chi connectivity index (χ1) is 10.3. The van der Waals surface area contributed by atoms with Crippen molar-refractivity contribution in [3.63, 3.8) is 0 Å². The zero-order chi connectivity index (χ0) is 14.7. The predicted molar refractivity (Wildman–Crippen MR) is 78.0 cm³/mol. The average molecular weight is 290 g/mol. The first kappa shape index (κ1) is 14.1. The lowest BCUT2D eigenvalue weighted by atomic mass is 9.96. The molecule has 0 unspecified atom stereocenters. The van der Waals surface area contributed by atoms with Crippen LogP contribution in [0.15, 0.2) is 0 Å². The topological polar surface area (TPSA) is 78.1 Å². The fourth-order valence-electron chi connectivity index (χ4n) is 3.16. The van der Waals surface area contributed by atoms with Crippen LogP contribution in [0.2, 0.25) is 0 Å². The van der Waals surface area contributed by atoms with Crippen LogP contribution in [0.5, 0.6) is 0 Å². The van der Waals surface area contributed by atoms with Crippen LogP contribution in [0.1, 0.15) is 53.8 Å². The van der Waals surface area contributed by atoms with E-state index in [2.05, 4.69) is 15.5 Å². The van der Waals surface area contributed by atoms with Crippen molar-refractivity contribution in [3.05, 3.63) is 17.0 Å². The molecule has 0 saturated carbocycles. The third-order valence-electron chi connectivity index (χ3n) is 4.33. The fraction of sp³-hybridized carbons (Fsp3) is 0.667. The van der Waals surface area contributed by atoms with Gasteiger partial charge in [-0.1, -0.05) is 0 Å². The van der Waals surface area contributed by atoms with Gasteiger partial charge >= 0.3 is 0 Å². The highest BCUT2D eigenvalue weighted by atomic mass is 16.2. The van der Waals surface area contributed by atoms with Crippen molar-refractivity contribution in [1.82, 2.24) is 20.4 Å². The maximum atomic E-state index is 12.2. The Hall–Kier alpha value is -1.85. The molecule has 0 atom stereocenters. The summed E-state index contributed by atoms with van der Waals surface area (Å²) in [4.78, 5) is 25.5. The Morgan fingerprint density at radius 3 is 2.90 bits per heavy atom. The first-order valence-electron chi connectivity index (χ1n) is 7.88. The van der Waals surface area contributed by atoms with Gasteiger partial charge < -0.3 is 10.2 Å². The average Bonchev–Trinajstić information content (AvgIpc) is 3.10. The van der Waals surface area contributed by atoms with Gasteiger partial charge in [0.1, 0.15) is 0 Å². The van der Waals surface area contributed by atoms with Crippen molar-refractivity contribution >= 4 is 11.8 Å². The number of likely N-dealkylation sites (tertiary alicyclic amines) is 1. The number of nitrogens with zero attached hydrogens (tertiary/aromatic N) is 2. The van der Waals surface area contributed by atoms with Gasteiger partial charge in [-0.15, -0.1) is 0 Å². The second-order valence-corrected chi connectivity index (χ2v) is 5.83. The highest BCUT2D eigenvalue weighted by Gasteiger charge is 2.22. The molecule has 2 heterocycles. The monoisotopic (exact) mass is 290 g/mol. The number of nitrogens with one attached hydrogen (secondary N) is 2. The second kappa shape index (κ2) is 6.28. The molecule has 0 aromatic carbocycles. The van der Waals surface area contributed by atoms with Gasteiger partial charge in [-0.25, -0.2) is 0 Å². The van der Waals surface area contributed by atoms with E-state index < -0.39 is 0 Å². The maximum absolute atomic E-state index is 12.2. The molecule has 1 aliphatic carbocycles. The number of aromatic nitrogens is 2. The number of amides is 2. The first-order valence-corrected chi connectivity index (χ1v) is 7.88. The number of carbonyl (C=O) groups excluding carboxylic acids is 2. The highest BCUT2D eigenvalue weighted by Crippen LogP contribution is 2.21. The van der Waals surface area contributed by atoms with E-state index in [1.54, 1.807) is 0 Å². The van der Waals surface area contributed by atoms with Crippen LogP contribution in [0.25, 0.3) is 0 Å². The molecule has 1 saturated heterocycles. The van der Waals surface area contributed by atoms with Crippen molar-refractivity contribution in [2.45, 2.75) is 44.9 Å². The summed E-state index contributed by atoms with van der Waals surface area (Å²) in [5.41, 5.74) is 2.77. The summed E-state index contributed by atoms with van der Waals surface area (Å²) >= 11 is 0. The largest absolute Gasteiger partial charge is 0.351 e. The number of aryl methyl sites for hydroxylation is 1. The number of fused-ring (bicyclic) bond motifs is 1. The SMILES string of the molecule is O=C(NCCCN1CCCC1=O)c1n[nH]c2c1CCCC2. The quantitative estimate of drug-likeness (QED) is 0.795. The minimum absolute atomic E-state index is 0.0952. The Kier molecular flexibility index (Phi) is 4.22. The summed E-state index contributed by atoms with van der Waals surface area (Å²) in [6.07, 6.45) is 6.66. The van der Waals surface area contributed by atoms with Crippen LogP contribution in [0.3, 0.4) is 0 Å². The number of aromatic amines is 1. The zero-order valence-electron chi connectivity index (χ0n) is 12.3. The molecule has 1 aromatic heterocycles. The summed E-state index contributed by atoms with van der Waals surface area (Å²) in [6.45, 7) is 2.18. The van der Waals surface area contributed by atoms with Crippen LogP contribution in [0.4, 0.5) is 0 Å². The Balaban J connectivity index is 1.46. The predicted octanol–water partition coefficient (Wildman–Crippen LogP) is 1.03. The lowest BCUT2D eigenvalue weighted by molar-refractivity contribution is -0.127. The Bertz CT molecular complexity index is 538. The summed E-state index contributed by atoms with van der Waals surface area (Å²) in [6, 6.07) is 0. The van der Waals surface area contributed by atoms with Gasteiger partial charge in [0.15, 0.2) is 5.69 Å². The van der Waals surface area contributed by atoms with E-state index in [1.165, 1.54) is 6.42 Å². The second-order valence-electron chi connectivity index (χ2n) is 5.83. The normalized spacial score (nSPS) is 17.9. The standard InChI is InChI=1S/C15H22N4O2/c20-13-7-3-9-19(13)10-4-8-16-15(21)14-11-5-1-2-6-12(11)17-18-14/h1-10H2,(H,16,21)(H,17,18). The van der Waals surface area contributed by atoms with Gasteiger partial charge in [-0.05, 0) is 38.5 Å². The number of rotatable bonds is 5. The van der Waals surface area contributed by atoms with Crippen molar-refractivity contribution in [1.29, 1.82) is 0 Å². The van der Waals surface area contributed by atoms with Crippen molar-refractivity contribution < 1.29 is 9.59 Å². The molecule has 3 rings (SSSR count). The molecular formula is C15H22N4O2. The van der Waals surface area contributed by atoms with Crippen LogP contribution >= 0.6 is 0 Å². The van der Waals surface area contributed by atoms with Crippen LogP contribution in [0, 0.1) is 0 Å². The number of carbonyl (C=O) groups is 2. The van der Waals surface area contributed by atoms with E-state index in [9.17, 15) is 9.59 Å². The molecule has 114 valence electrons. The molecule has 2 aliphatic rings. The lowest BCUT2D eigenvalue weighted by Crippen LogP contribution is -2.31. The minimum atomic E-state index is -0.0952. The van der Waals surface area contributed by atoms with E-state index in [0.29, 0.717) is 18.7 Å². The fourth-order valence-corrected chi connectivity index (χ4v) is 3.16. The van der Waals surface area contributed by atoms with Gasteiger partial charge in [0, 0.05) is 37.3 Å². The molecular weight excluding hydrogens is 268 g/mol. The van der Waals surface area contributed by atoms with Gasteiger partial charge in [0.2, 0.25) is 5.91 Å². The lowest BCUT2D eigenvalue weighted by Gasteiger charge is -2.15. The molecule has 2 N–H and O–H groups in total. The number of hydrogen-bond acceptors (Lipinski definition) is 3. The van der Waals surface area contributed by atoms with E-state index in [4.69, 9.17) is 0 Å². The van der Waals surface area contributed by atoms with E-state index in [0.717, 1.165) is 56.5 Å². The molecule has 0 radical (unpaired) electrons. The summed E-state index contributed by atoms with van der Waals surface area (Å²) in [5, 5.41) is 10.1. The molecule has 21 heavy (non-hydrogen) atoms. The smallest absolute Gasteiger partial charge is 0.272 e. The molecule has 6 nitrogen and oxygen atoms in total. The van der Waals surface area contributed by atoms with Gasteiger partial charge in [0.25, 0.3) is 5.91 Å². The van der Waals surface area contributed by atoms with Crippen LogP contribution < -0.4 is 5.32 Å². The third kappa shape index (κ3) is 3.09. The minimum Gasteiger partial charge on any atom is -0.351 e.